The lowest BCUT2D eigenvalue weighted by atomic mass is 9.95. The van der Waals surface area contributed by atoms with Gasteiger partial charge in [-0.25, -0.2) is 9.89 Å². The Balaban J connectivity index is 1.90. The van der Waals surface area contributed by atoms with Crippen molar-refractivity contribution in [1.82, 2.24) is 10.2 Å². The number of rotatable bonds is 4. The third kappa shape index (κ3) is 3.99. The molecule has 30 heavy (non-hydrogen) atoms. The number of hydrogen-bond donors (Lipinski definition) is 1. The van der Waals surface area contributed by atoms with Crippen LogP contribution in [0.4, 0.5) is 0 Å². The normalized spacial score (nSPS) is 10.6. The number of nitrogens with one attached hydrogen (secondary N) is 1. The summed E-state index contributed by atoms with van der Waals surface area (Å²) in [5.41, 5.74) is 1.40. The van der Waals surface area contributed by atoms with E-state index in [2.05, 4.69) is 10.2 Å². The maximum absolute atomic E-state index is 13.1. The minimum absolute atomic E-state index is 0.0996. The number of aromatic amines is 1. The standard InChI is InChI=1S/C23H14Cl2N2O3/c24-16-11-12-18(17(25)13-16)30-23(29)20-19(14-7-3-1-4-8-14)21(26-27-22(20)28)15-9-5-2-6-10-15/h1-13H,(H,27,28). The number of aromatic nitrogens is 2. The molecule has 0 aliphatic carbocycles. The number of benzene rings is 3. The van der Waals surface area contributed by atoms with E-state index in [0.717, 1.165) is 5.56 Å². The molecule has 7 heteroatoms. The minimum Gasteiger partial charge on any atom is -0.421 e. The van der Waals surface area contributed by atoms with E-state index >= 15 is 0 Å². The molecule has 0 saturated carbocycles. The Hall–Kier alpha value is -3.41. The maximum Gasteiger partial charge on any atom is 0.350 e. The Morgan fingerprint density at radius 1 is 0.867 bits per heavy atom. The molecule has 0 fully saturated rings. The average Bonchev–Trinajstić information content (AvgIpc) is 2.76. The monoisotopic (exact) mass is 436 g/mol. The number of halogens is 2. The second-order valence-electron chi connectivity index (χ2n) is 6.35. The Kier molecular flexibility index (Phi) is 5.65. The maximum atomic E-state index is 13.1. The molecule has 0 atom stereocenters. The van der Waals surface area contributed by atoms with Gasteiger partial charge in [0.25, 0.3) is 5.56 Å². The van der Waals surface area contributed by atoms with Gasteiger partial charge in [0.05, 0.1) is 10.7 Å². The summed E-state index contributed by atoms with van der Waals surface area (Å²) in [4.78, 5) is 25.8. The average molecular weight is 437 g/mol. The van der Waals surface area contributed by atoms with E-state index in [4.69, 9.17) is 27.9 Å². The fraction of sp³-hybridized carbons (Fsp3) is 0. The molecule has 0 bridgehead atoms. The molecule has 4 aromatic rings. The van der Waals surface area contributed by atoms with Crippen LogP contribution in [0.25, 0.3) is 22.4 Å². The summed E-state index contributed by atoms with van der Waals surface area (Å²) in [5.74, 6) is -0.749. The molecule has 5 nitrogen and oxygen atoms in total. The van der Waals surface area contributed by atoms with Gasteiger partial charge in [-0.1, -0.05) is 83.9 Å². The summed E-state index contributed by atoms with van der Waals surface area (Å²) in [6.45, 7) is 0. The first-order valence-electron chi connectivity index (χ1n) is 8.95. The van der Waals surface area contributed by atoms with Gasteiger partial charge in [0.1, 0.15) is 11.3 Å². The van der Waals surface area contributed by atoms with Crippen LogP contribution in [0.3, 0.4) is 0 Å². The van der Waals surface area contributed by atoms with Crippen molar-refractivity contribution >= 4 is 29.2 Å². The third-order valence-electron chi connectivity index (χ3n) is 4.39. The molecule has 0 aliphatic heterocycles. The Bertz CT molecular complexity index is 1270. The van der Waals surface area contributed by atoms with E-state index in [1.54, 1.807) is 18.2 Å². The van der Waals surface area contributed by atoms with Gasteiger partial charge in [-0.05, 0) is 23.8 Å². The van der Waals surface area contributed by atoms with Crippen molar-refractivity contribution in [3.05, 3.63) is 105 Å². The third-order valence-corrected chi connectivity index (χ3v) is 4.92. The highest BCUT2D eigenvalue weighted by atomic mass is 35.5. The van der Waals surface area contributed by atoms with Crippen LogP contribution in [0.5, 0.6) is 5.75 Å². The largest absolute Gasteiger partial charge is 0.421 e. The van der Waals surface area contributed by atoms with E-state index in [-0.39, 0.29) is 16.3 Å². The molecule has 0 amide bonds. The number of hydrogen-bond acceptors (Lipinski definition) is 4. The molecule has 4 rings (SSSR count). The molecular weight excluding hydrogens is 423 g/mol. The van der Waals surface area contributed by atoms with Crippen LogP contribution in [-0.2, 0) is 0 Å². The summed E-state index contributed by atoms with van der Waals surface area (Å²) >= 11 is 12.0. The van der Waals surface area contributed by atoms with Gasteiger partial charge in [0.15, 0.2) is 0 Å². The van der Waals surface area contributed by atoms with Gasteiger partial charge < -0.3 is 4.74 Å². The highest BCUT2D eigenvalue weighted by molar-refractivity contribution is 6.35. The summed E-state index contributed by atoms with van der Waals surface area (Å²) in [7, 11) is 0. The second-order valence-corrected chi connectivity index (χ2v) is 7.19. The van der Waals surface area contributed by atoms with Gasteiger partial charge in [0.2, 0.25) is 0 Å². The lowest BCUT2D eigenvalue weighted by Crippen LogP contribution is -2.25. The summed E-state index contributed by atoms with van der Waals surface area (Å²) in [5, 5.41) is 7.18. The summed E-state index contributed by atoms with van der Waals surface area (Å²) in [6, 6.07) is 22.8. The lowest BCUT2D eigenvalue weighted by Gasteiger charge is -2.13. The molecule has 0 saturated heterocycles. The number of H-pyrrole nitrogens is 1. The van der Waals surface area contributed by atoms with Gasteiger partial charge in [-0.15, -0.1) is 0 Å². The first-order valence-corrected chi connectivity index (χ1v) is 9.71. The van der Waals surface area contributed by atoms with Crippen molar-refractivity contribution < 1.29 is 9.53 Å². The SMILES string of the molecule is O=C(Oc1ccc(Cl)cc1Cl)c1c(-c2ccccc2)c(-c2ccccc2)n[nH]c1=O. The molecule has 0 aliphatic rings. The van der Waals surface area contributed by atoms with Crippen LogP contribution >= 0.6 is 23.2 Å². The smallest absolute Gasteiger partial charge is 0.350 e. The van der Waals surface area contributed by atoms with Crippen molar-refractivity contribution in [3.8, 4) is 28.1 Å². The van der Waals surface area contributed by atoms with Crippen LogP contribution in [0, 0.1) is 0 Å². The lowest BCUT2D eigenvalue weighted by molar-refractivity contribution is 0.0733. The fourth-order valence-electron chi connectivity index (χ4n) is 3.04. The number of esters is 1. The summed E-state index contributed by atoms with van der Waals surface area (Å²) in [6.07, 6.45) is 0. The molecule has 0 spiro atoms. The van der Waals surface area contributed by atoms with Crippen molar-refractivity contribution in [3.63, 3.8) is 0 Å². The van der Waals surface area contributed by atoms with Crippen LogP contribution in [0.15, 0.2) is 83.7 Å². The zero-order chi connectivity index (χ0) is 21.1. The second kappa shape index (κ2) is 8.53. The van der Waals surface area contributed by atoms with Crippen LogP contribution in [-0.4, -0.2) is 16.2 Å². The molecule has 1 aromatic heterocycles. The molecule has 148 valence electrons. The molecule has 1 heterocycles. The molecule has 3 aromatic carbocycles. The van der Waals surface area contributed by atoms with Crippen molar-refractivity contribution in [2.24, 2.45) is 0 Å². The number of nitrogens with zero attached hydrogens (tertiary/aromatic N) is 1. The van der Waals surface area contributed by atoms with Crippen LogP contribution in [0.2, 0.25) is 10.0 Å². The number of ether oxygens (including phenoxy) is 1. The predicted molar refractivity (Wildman–Crippen MR) is 117 cm³/mol. The van der Waals surface area contributed by atoms with Crippen molar-refractivity contribution in [2.75, 3.05) is 0 Å². The minimum atomic E-state index is -0.848. The van der Waals surface area contributed by atoms with Crippen molar-refractivity contribution in [2.45, 2.75) is 0 Å². The first kappa shape index (κ1) is 19.9. The number of carbonyl (C=O) groups is 1. The number of carbonyl (C=O) groups excluding carboxylic acids is 1. The summed E-state index contributed by atoms with van der Waals surface area (Å²) < 4.78 is 5.44. The fourth-order valence-corrected chi connectivity index (χ4v) is 3.49. The predicted octanol–water partition coefficient (Wildman–Crippen LogP) is 5.63. The van der Waals surface area contributed by atoms with Gasteiger partial charge in [-0.2, -0.15) is 5.10 Å². The van der Waals surface area contributed by atoms with Crippen LogP contribution < -0.4 is 10.3 Å². The van der Waals surface area contributed by atoms with E-state index < -0.39 is 11.5 Å². The molecule has 0 radical (unpaired) electrons. The highest BCUT2D eigenvalue weighted by Crippen LogP contribution is 2.33. The zero-order valence-corrected chi connectivity index (χ0v) is 16.9. The van der Waals surface area contributed by atoms with Gasteiger partial charge in [-0.3, -0.25) is 4.79 Å². The Morgan fingerprint density at radius 3 is 2.13 bits per heavy atom. The first-order chi connectivity index (χ1) is 14.5. The van der Waals surface area contributed by atoms with Crippen molar-refractivity contribution in [1.29, 1.82) is 0 Å². The Labute approximate surface area is 181 Å². The Morgan fingerprint density at radius 2 is 1.50 bits per heavy atom. The molecule has 0 unspecified atom stereocenters. The van der Waals surface area contributed by atoms with E-state index in [1.807, 2.05) is 48.5 Å². The highest BCUT2D eigenvalue weighted by Gasteiger charge is 2.25. The van der Waals surface area contributed by atoms with E-state index in [9.17, 15) is 9.59 Å². The van der Waals surface area contributed by atoms with Gasteiger partial charge in [0, 0.05) is 16.1 Å². The molecule has 1 N–H and O–H groups in total. The van der Waals surface area contributed by atoms with Gasteiger partial charge >= 0.3 is 5.97 Å². The van der Waals surface area contributed by atoms with E-state index in [0.29, 0.717) is 21.8 Å². The van der Waals surface area contributed by atoms with Crippen LogP contribution in [0.1, 0.15) is 10.4 Å². The molecular formula is C23H14Cl2N2O3. The zero-order valence-electron chi connectivity index (χ0n) is 15.4. The topological polar surface area (TPSA) is 72.0 Å². The quantitative estimate of drug-likeness (QED) is 0.332. The van der Waals surface area contributed by atoms with E-state index in [1.165, 1.54) is 12.1 Å².